The third-order valence-corrected chi connectivity index (χ3v) is 2.94. The van der Waals surface area contributed by atoms with Gasteiger partial charge < -0.3 is 5.32 Å². The van der Waals surface area contributed by atoms with E-state index in [4.69, 9.17) is 0 Å². The quantitative estimate of drug-likeness (QED) is 0.863. The Hall–Kier alpha value is -1.97. The molecular formula is C15H20N4. The predicted molar refractivity (Wildman–Crippen MR) is 77.2 cm³/mol. The number of hydrogen-bond acceptors (Lipinski definition) is 4. The fourth-order valence-corrected chi connectivity index (χ4v) is 1.80. The van der Waals surface area contributed by atoms with Gasteiger partial charge in [0.25, 0.3) is 0 Å². The van der Waals surface area contributed by atoms with Crippen LogP contribution in [0, 0.1) is 0 Å². The first kappa shape index (κ1) is 13.5. The summed E-state index contributed by atoms with van der Waals surface area (Å²) in [6.45, 7) is 5.20. The molecule has 0 spiro atoms. The monoisotopic (exact) mass is 256 g/mol. The lowest BCUT2D eigenvalue weighted by atomic mass is 10.1. The maximum absolute atomic E-state index is 4.46. The summed E-state index contributed by atoms with van der Waals surface area (Å²) in [6.07, 6.45) is 6.39. The average Bonchev–Trinajstić information content (AvgIpc) is 2.46. The van der Waals surface area contributed by atoms with Crippen LogP contribution in [0.3, 0.4) is 0 Å². The van der Waals surface area contributed by atoms with E-state index in [1.165, 1.54) is 5.56 Å². The first-order valence-corrected chi connectivity index (χ1v) is 6.80. The molecule has 0 saturated heterocycles. The second kappa shape index (κ2) is 6.83. The number of hydrogen-bond donors (Lipinski definition) is 1. The molecule has 0 aromatic carbocycles. The van der Waals surface area contributed by atoms with Crippen molar-refractivity contribution >= 4 is 5.82 Å². The fraction of sp³-hybridized carbons (Fsp3) is 0.400. The van der Waals surface area contributed by atoms with Crippen molar-refractivity contribution in [1.29, 1.82) is 0 Å². The first-order valence-electron chi connectivity index (χ1n) is 6.80. The number of rotatable bonds is 6. The van der Waals surface area contributed by atoms with Crippen LogP contribution < -0.4 is 5.32 Å². The Labute approximate surface area is 114 Å². The van der Waals surface area contributed by atoms with E-state index in [2.05, 4.69) is 46.2 Å². The minimum atomic E-state index is 0.743. The minimum Gasteiger partial charge on any atom is -0.370 e. The maximum Gasteiger partial charge on any atom is 0.129 e. The zero-order chi connectivity index (χ0) is 13.5. The van der Waals surface area contributed by atoms with Crippen LogP contribution in [0.25, 0.3) is 0 Å². The van der Waals surface area contributed by atoms with Crippen LogP contribution in [-0.4, -0.2) is 21.5 Å². The fourth-order valence-electron chi connectivity index (χ4n) is 1.80. The topological polar surface area (TPSA) is 50.7 Å². The van der Waals surface area contributed by atoms with E-state index < -0.39 is 0 Å². The molecule has 0 aliphatic carbocycles. The minimum absolute atomic E-state index is 0.743. The average molecular weight is 256 g/mol. The molecule has 0 fully saturated rings. The summed E-state index contributed by atoms with van der Waals surface area (Å²) in [4.78, 5) is 13.0. The summed E-state index contributed by atoms with van der Waals surface area (Å²) in [6, 6.07) is 6.19. The largest absolute Gasteiger partial charge is 0.370 e. The van der Waals surface area contributed by atoms with Crippen LogP contribution in [0.1, 0.15) is 37.2 Å². The molecule has 1 N–H and O–H groups in total. The van der Waals surface area contributed by atoms with Crippen molar-refractivity contribution < 1.29 is 0 Å². The summed E-state index contributed by atoms with van der Waals surface area (Å²) in [7, 11) is 0. The summed E-state index contributed by atoms with van der Waals surface area (Å²) in [5.74, 6) is 0.886. The zero-order valence-corrected chi connectivity index (χ0v) is 11.6. The maximum atomic E-state index is 4.46. The van der Waals surface area contributed by atoms with Crippen molar-refractivity contribution in [3.8, 4) is 0 Å². The van der Waals surface area contributed by atoms with Gasteiger partial charge in [-0.1, -0.05) is 19.9 Å². The van der Waals surface area contributed by atoms with Crippen molar-refractivity contribution in [2.24, 2.45) is 0 Å². The summed E-state index contributed by atoms with van der Waals surface area (Å²) < 4.78 is 0. The van der Waals surface area contributed by atoms with Gasteiger partial charge in [-0.2, -0.15) is 0 Å². The van der Waals surface area contributed by atoms with Crippen molar-refractivity contribution in [2.75, 3.05) is 11.9 Å². The van der Waals surface area contributed by atoms with E-state index in [1.54, 1.807) is 6.33 Å². The van der Waals surface area contributed by atoms with Gasteiger partial charge in [-0.05, 0) is 24.5 Å². The van der Waals surface area contributed by atoms with Crippen LogP contribution in [0.5, 0.6) is 0 Å². The van der Waals surface area contributed by atoms with Crippen LogP contribution >= 0.6 is 0 Å². The Balaban J connectivity index is 2.05. The van der Waals surface area contributed by atoms with E-state index in [0.717, 1.165) is 43.0 Å². The van der Waals surface area contributed by atoms with E-state index in [9.17, 15) is 0 Å². The highest BCUT2D eigenvalue weighted by atomic mass is 15.0. The molecule has 0 aliphatic rings. The van der Waals surface area contributed by atoms with Gasteiger partial charge in [0.05, 0.1) is 5.69 Å². The molecule has 100 valence electrons. The second-order valence-electron chi connectivity index (χ2n) is 4.51. The standard InChI is InChI=1S/C15H20N4/c1-3-7-16-15-9-14(18-11-19-15)8-13-6-5-12(4-2)10-17-13/h5-6,9-11H,3-4,7-8H2,1-2H3,(H,16,18,19). The molecule has 4 nitrogen and oxygen atoms in total. The highest BCUT2D eigenvalue weighted by Gasteiger charge is 2.01. The predicted octanol–water partition coefficient (Wildman–Crippen LogP) is 2.85. The Kier molecular flexibility index (Phi) is 4.84. The van der Waals surface area contributed by atoms with Gasteiger partial charge in [-0.15, -0.1) is 0 Å². The Morgan fingerprint density at radius 2 is 1.95 bits per heavy atom. The third-order valence-electron chi connectivity index (χ3n) is 2.94. The SMILES string of the molecule is CCCNc1cc(Cc2ccc(CC)cn2)ncn1. The van der Waals surface area contributed by atoms with E-state index in [-0.39, 0.29) is 0 Å². The number of nitrogens with zero attached hydrogens (tertiary/aromatic N) is 3. The molecule has 2 aromatic heterocycles. The van der Waals surface area contributed by atoms with Gasteiger partial charge >= 0.3 is 0 Å². The van der Waals surface area contributed by atoms with E-state index in [0.29, 0.717) is 0 Å². The van der Waals surface area contributed by atoms with Gasteiger partial charge in [0.2, 0.25) is 0 Å². The molecule has 2 heterocycles. The third kappa shape index (κ3) is 4.02. The van der Waals surface area contributed by atoms with Crippen LogP contribution in [0.2, 0.25) is 0 Å². The van der Waals surface area contributed by atoms with Gasteiger partial charge in [-0.25, -0.2) is 9.97 Å². The van der Waals surface area contributed by atoms with Gasteiger partial charge in [0.15, 0.2) is 0 Å². The second-order valence-corrected chi connectivity index (χ2v) is 4.51. The van der Waals surface area contributed by atoms with Gasteiger partial charge in [-0.3, -0.25) is 4.98 Å². The normalized spacial score (nSPS) is 10.4. The number of nitrogens with one attached hydrogen (secondary N) is 1. The molecule has 0 aliphatic heterocycles. The van der Waals surface area contributed by atoms with Crippen molar-refractivity contribution in [3.05, 3.63) is 47.7 Å². The van der Waals surface area contributed by atoms with Crippen LogP contribution in [-0.2, 0) is 12.8 Å². The molecule has 2 aromatic rings. The molecule has 0 unspecified atom stereocenters. The number of anilines is 1. The van der Waals surface area contributed by atoms with E-state index >= 15 is 0 Å². The smallest absolute Gasteiger partial charge is 0.129 e. The summed E-state index contributed by atoms with van der Waals surface area (Å²) in [5.41, 5.74) is 3.29. The summed E-state index contributed by atoms with van der Waals surface area (Å²) in [5, 5.41) is 3.27. The Bertz CT molecular complexity index is 508. The van der Waals surface area contributed by atoms with Crippen molar-refractivity contribution in [3.63, 3.8) is 0 Å². The molecule has 0 atom stereocenters. The molecule has 0 amide bonds. The highest BCUT2D eigenvalue weighted by Crippen LogP contribution is 2.09. The van der Waals surface area contributed by atoms with Crippen LogP contribution in [0.4, 0.5) is 5.82 Å². The number of aromatic nitrogens is 3. The van der Waals surface area contributed by atoms with Crippen molar-refractivity contribution in [2.45, 2.75) is 33.1 Å². The molecular weight excluding hydrogens is 236 g/mol. The molecule has 4 heteroatoms. The molecule has 0 bridgehead atoms. The summed E-state index contributed by atoms with van der Waals surface area (Å²) >= 11 is 0. The number of pyridine rings is 1. The molecule has 2 rings (SSSR count). The lowest BCUT2D eigenvalue weighted by Crippen LogP contribution is -2.04. The highest BCUT2D eigenvalue weighted by molar-refractivity contribution is 5.35. The van der Waals surface area contributed by atoms with E-state index in [1.807, 2.05) is 12.3 Å². The van der Waals surface area contributed by atoms with Gasteiger partial charge in [0, 0.05) is 30.9 Å². The molecule has 0 saturated carbocycles. The molecule has 19 heavy (non-hydrogen) atoms. The first-order chi connectivity index (χ1) is 9.31. The Morgan fingerprint density at radius 3 is 2.63 bits per heavy atom. The lowest BCUT2D eigenvalue weighted by molar-refractivity contribution is 0.944. The zero-order valence-electron chi connectivity index (χ0n) is 11.6. The molecule has 0 radical (unpaired) electrons. The van der Waals surface area contributed by atoms with Crippen LogP contribution in [0.15, 0.2) is 30.7 Å². The van der Waals surface area contributed by atoms with Crippen molar-refractivity contribution in [1.82, 2.24) is 15.0 Å². The lowest BCUT2D eigenvalue weighted by Gasteiger charge is -2.05. The van der Waals surface area contributed by atoms with Gasteiger partial charge in [0.1, 0.15) is 12.1 Å². The Morgan fingerprint density at radius 1 is 1.05 bits per heavy atom. The number of aryl methyl sites for hydroxylation is 1.